The van der Waals surface area contributed by atoms with E-state index in [2.05, 4.69) is 75.8 Å². The number of aryl methyl sites for hydroxylation is 1. The van der Waals surface area contributed by atoms with Gasteiger partial charge in [-0.15, -0.1) is 0 Å². The fraction of sp³-hybridized carbons (Fsp3) is 0.242. The molecule has 0 spiro atoms. The highest BCUT2D eigenvalue weighted by molar-refractivity contribution is 6.39. The number of carbonyl (C=O) groups is 1. The Balaban J connectivity index is 1.28. The number of pyridine rings is 2. The molecule has 0 radical (unpaired) electrons. The summed E-state index contributed by atoms with van der Waals surface area (Å²) in [7, 11) is 0. The zero-order chi connectivity index (χ0) is 28.3. The van der Waals surface area contributed by atoms with Crippen molar-refractivity contribution in [2.45, 2.75) is 51.4 Å². The molecule has 1 amide bonds. The van der Waals surface area contributed by atoms with E-state index in [1.807, 2.05) is 24.4 Å². The van der Waals surface area contributed by atoms with Gasteiger partial charge < -0.3 is 10.3 Å². The van der Waals surface area contributed by atoms with Gasteiger partial charge in [0.25, 0.3) is 5.91 Å². The van der Waals surface area contributed by atoms with E-state index in [4.69, 9.17) is 28.2 Å². The average Bonchev–Trinajstić information content (AvgIpc) is 3.43. The molecule has 5 aromatic rings. The molecule has 208 valence electrons. The number of para-hydroxylation sites is 1. The molecule has 2 atom stereocenters. The lowest BCUT2D eigenvalue weighted by Crippen LogP contribution is -2.34. The predicted molar refractivity (Wildman–Crippen MR) is 164 cm³/mol. The van der Waals surface area contributed by atoms with Crippen LogP contribution in [0.5, 0.6) is 0 Å². The minimum Gasteiger partial charge on any atom is -0.361 e. The molecule has 0 aliphatic heterocycles. The van der Waals surface area contributed by atoms with E-state index in [1.54, 1.807) is 0 Å². The number of H-pyrrole nitrogens is 1. The highest BCUT2D eigenvalue weighted by Gasteiger charge is 2.32. The first-order valence-electron chi connectivity index (χ1n) is 13.9. The summed E-state index contributed by atoms with van der Waals surface area (Å²) in [5.41, 5.74) is 7.35. The van der Waals surface area contributed by atoms with Crippen molar-refractivity contribution in [1.29, 1.82) is 0 Å². The van der Waals surface area contributed by atoms with Crippen LogP contribution in [0, 0.1) is 0 Å². The van der Waals surface area contributed by atoms with Crippen molar-refractivity contribution in [3.8, 4) is 0 Å². The fourth-order valence-corrected chi connectivity index (χ4v) is 6.53. The van der Waals surface area contributed by atoms with Gasteiger partial charge in [0, 0.05) is 54.8 Å². The third kappa shape index (κ3) is 5.73. The Kier molecular flexibility index (Phi) is 8.06. The summed E-state index contributed by atoms with van der Waals surface area (Å²) in [5, 5.41) is 4.66. The number of hydrogen-bond acceptors (Lipinski definition) is 4. The molecule has 0 fully saturated rings. The summed E-state index contributed by atoms with van der Waals surface area (Å²) in [5.74, 6) is -0.327. The number of halogens is 2. The molecule has 6 nitrogen and oxygen atoms in total. The number of aromatic amines is 1. The maximum absolute atomic E-state index is 12.8. The second kappa shape index (κ2) is 12.0. The van der Waals surface area contributed by atoms with Crippen molar-refractivity contribution in [3.05, 3.63) is 129 Å². The number of aromatic nitrogens is 3. The summed E-state index contributed by atoms with van der Waals surface area (Å²) in [4.78, 5) is 27.7. The Labute approximate surface area is 249 Å². The number of carbonyl (C=O) groups excluding carboxylic acids is 1. The second-order valence-electron chi connectivity index (χ2n) is 10.6. The van der Waals surface area contributed by atoms with Crippen molar-refractivity contribution < 1.29 is 4.79 Å². The molecule has 41 heavy (non-hydrogen) atoms. The van der Waals surface area contributed by atoms with Gasteiger partial charge in [0.1, 0.15) is 0 Å². The van der Waals surface area contributed by atoms with Crippen molar-refractivity contribution in [3.63, 3.8) is 0 Å². The lowest BCUT2D eigenvalue weighted by atomic mass is 9.89. The topological polar surface area (TPSA) is 73.9 Å². The monoisotopic (exact) mass is 583 g/mol. The van der Waals surface area contributed by atoms with E-state index in [9.17, 15) is 4.79 Å². The van der Waals surface area contributed by atoms with Crippen molar-refractivity contribution in [2.75, 3.05) is 0 Å². The minimum atomic E-state index is -0.327. The number of rotatable bonds is 8. The Morgan fingerprint density at radius 2 is 1.88 bits per heavy atom. The van der Waals surface area contributed by atoms with Gasteiger partial charge in [-0.3, -0.25) is 19.7 Å². The van der Waals surface area contributed by atoms with Gasteiger partial charge in [-0.2, -0.15) is 0 Å². The number of nitrogens with zero attached hydrogens (tertiary/aromatic N) is 3. The van der Waals surface area contributed by atoms with E-state index in [0.29, 0.717) is 6.54 Å². The van der Waals surface area contributed by atoms with E-state index in [0.717, 1.165) is 36.9 Å². The third-order valence-electron chi connectivity index (χ3n) is 8.02. The third-order valence-corrected chi connectivity index (χ3v) is 8.60. The summed E-state index contributed by atoms with van der Waals surface area (Å²) in [6.45, 7) is 3.39. The van der Waals surface area contributed by atoms with Gasteiger partial charge in [-0.05, 0) is 60.6 Å². The molecule has 0 bridgehead atoms. The van der Waals surface area contributed by atoms with Gasteiger partial charge in [0.15, 0.2) is 0 Å². The first-order chi connectivity index (χ1) is 20.0. The second-order valence-corrected chi connectivity index (χ2v) is 11.4. The van der Waals surface area contributed by atoms with Crippen LogP contribution in [0.4, 0.5) is 0 Å². The molecule has 3 aromatic heterocycles. The minimum absolute atomic E-state index is 0.142. The SMILES string of the molecule is CC(c1c[nH]c2ccccc12)N(Cc1cccc(CNC(=O)c2c(Cl)cncc2Cl)c1)C1CCCc2cccnc21. The van der Waals surface area contributed by atoms with Crippen LogP contribution in [-0.2, 0) is 19.5 Å². The van der Waals surface area contributed by atoms with Crippen LogP contribution in [0.2, 0.25) is 10.0 Å². The van der Waals surface area contributed by atoms with E-state index >= 15 is 0 Å². The lowest BCUT2D eigenvalue weighted by molar-refractivity contribution is 0.0951. The maximum atomic E-state index is 12.8. The molecule has 3 heterocycles. The van der Waals surface area contributed by atoms with Crippen LogP contribution in [0.25, 0.3) is 10.9 Å². The van der Waals surface area contributed by atoms with E-state index < -0.39 is 0 Å². The molecule has 1 aliphatic rings. The van der Waals surface area contributed by atoms with Gasteiger partial charge >= 0.3 is 0 Å². The fourth-order valence-electron chi connectivity index (χ4n) is 5.99. The number of fused-ring (bicyclic) bond motifs is 2. The van der Waals surface area contributed by atoms with E-state index in [-0.39, 0.29) is 33.6 Å². The summed E-state index contributed by atoms with van der Waals surface area (Å²) >= 11 is 12.4. The Morgan fingerprint density at radius 1 is 1.07 bits per heavy atom. The first-order valence-corrected chi connectivity index (χ1v) is 14.7. The highest BCUT2D eigenvalue weighted by atomic mass is 35.5. The number of hydrogen-bond donors (Lipinski definition) is 2. The van der Waals surface area contributed by atoms with Gasteiger partial charge in [0.05, 0.1) is 27.3 Å². The van der Waals surface area contributed by atoms with Gasteiger partial charge in [-0.1, -0.05) is 71.7 Å². The standard InChI is InChI=1S/C33H31Cl2N5O/c1-21(26-17-38-29-12-3-2-11-25(26)29)40(30-13-5-9-24-10-6-14-37-32(24)30)20-23-8-4-7-22(15-23)16-39-33(41)31-27(34)18-36-19-28(31)35/h2-4,6-8,10-12,14-15,17-19,21,30,38H,5,9,13,16,20H2,1H3,(H,39,41). The molecule has 1 aliphatic carbocycles. The largest absolute Gasteiger partial charge is 0.361 e. The Hall–Kier alpha value is -3.71. The maximum Gasteiger partial charge on any atom is 0.254 e. The Bertz CT molecular complexity index is 1680. The smallest absolute Gasteiger partial charge is 0.254 e. The quantitative estimate of drug-likeness (QED) is 0.195. The van der Waals surface area contributed by atoms with Gasteiger partial charge in [0.2, 0.25) is 0 Å². The average molecular weight is 585 g/mol. The highest BCUT2D eigenvalue weighted by Crippen LogP contribution is 2.40. The van der Waals surface area contributed by atoms with E-state index in [1.165, 1.54) is 40.2 Å². The summed E-state index contributed by atoms with van der Waals surface area (Å²) < 4.78 is 0. The van der Waals surface area contributed by atoms with Crippen LogP contribution in [0.1, 0.15) is 70.2 Å². The van der Waals surface area contributed by atoms with Crippen LogP contribution >= 0.6 is 23.2 Å². The molecule has 2 N–H and O–H groups in total. The normalized spacial score (nSPS) is 15.6. The Morgan fingerprint density at radius 3 is 2.73 bits per heavy atom. The molecule has 2 aromatic carbocycles. The summed E-state index contributed by atoms with van der Waals surface area (Å²) in [6, 6.07) is 21.4. The zero-order valence-corrected chi connectivity index (χ0v) is 24.3. The summed E-state index contributed by atoms with van der Waals surface area (Å²) in [6.07, 6.45) is 10.2. The first kappa shape index (κ1) is 27.5. The predicted octanol–water partition coefficient (Wildman–Crippen LogP) is 7.84. The molecule has 0 saturated carbocycles. The number of amides is 1. The number of benzene rings is 2. The lowest BCUT2D eigenvalue weighted by Gasteiger charge is -2.39. The van der Waals surface area contributed by atoms with Crippen molar-refractivity contribution in [1.82, 2.24) is 25.2 Å². The van der Waals surface area contributed by atoms with Gasteiger partial charge in [-0.25, -0.2) is 0 Å². The van der Waals surface area contributed by atoms with Crippen LogP contribution in [0.15, 0.2) is 85.5 Å². The molecular weight excluding hydrogens is 553 g/mol. The molecule has 0 saturated heterocycles. The van der Waals surface area contributed by atoms with Crippen LogP contribution in [0.3, 0.4) is 0 Å². The molecular formula is C33H31Cl2N5O. The van der Waals surface area contributed by atoms with Crippen molar-refractivity contribution >= 4 is 40.0 Å². The molecule has 8 heteroatoms. The van der Waals surface area contributed by atoms with Crippen LogP contribution < -0.4 is 5.32 Å². The molecule has 2 unspecified atom stereocenters. The van der Waals surface area contributed by atoms with Crippen molar-refractivity contribution in [2.24, 2.45) is 0 Å². The number of nitrogens with one attached hydrogen (secondary N) is 2. The van der Waals surface area contributed by atoms with Crippen LogP contribution in [-0.4, -0.2) is 25.8 Å². The zero-order valence-electron chi connectivity index (χ0n) is 22.8. The molecule has 6 rings (SSSR count).